The van der Waals surface area contributed by atoms with Gasteiger partial charge in [0.1, 0.15) is 0 Å². The Hall–Kier alpha value is -0.940. The third kappa shape index (κ3) is 2.57. The SMILES string of the molecule is Cc1ccncc1C(NN)c1cccc(Br)c1Cl. The van der Waals surface area contributed by atoms with E-state index in [9.17, 15) is 0 Å². The van der Waals surface area contributed by atoms with Crippen molar-refractivity contribution >= 4 is 27.5 Å². The average molecular weight is 327 g/mol. The van der Waals surface area contributed by atoms with E-state index in [1.54, 1.807) is 12.4 Å². The second-order valence-corrected chi connectivity index (χ2v) is 5.21. The molecule has 2 rings (SSSR count). The van der Waals surface area contributed by atoms with E-state index in [2.05, 4.69) is 26.3 Å². The molecule has 3 nitrogen and oxygen atoms in total. The van der Waals surface area contributed by atoms with Gasteiger partial charge in [-0.15, -0.1) is 0 Å². The van der Waals surface area contributed by atoms with Crippen molar-refractivity contribution in [1.29, 1.82) is 0 Å². The topological polar surface area (TPSA) is 50.9 Å². The fourth-order valence-corrected chi connectivity index (χ4v) is 2.49. The molecule has 0 bridgehead atoms. The maximum Gasteiger partial charge on any atom is 0.0742 e. The fraction of sp³-hybridized carbons (Fsp3) is 0.154. The van der Waals surface area contributed by atoms with Gasteiger partial charge in [0.2, 0.25) is 0 Å². The molecule has 2 aromatic rings. The van der Waals surface area contributed by atoms with Crippen LogP contribution in [0.1, 0.15) is 22.7 Å². The summed E-state index contributed by atoms with van der Waals surface area (Å²) in [6, 6.07) is 7.55. The summed E-state index contributed by atoms with van der Waals surface area (Å²) in [6.07, 6.45) is 3.56. The summed E-state index contributed by atoms with van der Waals surface area (Å²) in [4.78, 5) is 4.14. The highest BCUT2D eigenvalue weighted by atomic mass is 79.9. The van der Waals surface area contributed by atoms with E-state index in [4.69, 9.17) is 17.4 Å². The lowest BCUT2D eigenvalue weighted by Gasteiger charge is -2.20. The lowest BCUT2D eigenvalue weighted by Crippen LogP contribution is -2.29. The number of halogens is 2. The van der Waals surface area contributed by atoms with Crippen LogP contribution in [0.5, 0.6) is 0 Å². The second kappa shape index (κ2) is 5.80. The van der Waals surface area contributed by atoms with E-state index < -0.39 is 0 Å². The van der Waals surface area contributed by atoms with Crippen molar-refractivity contribution < 1.29 is 0 Å². The highest BCUT2D eigenvalue weighted by Gasteiger charge is 2.18. The van der Waals surface area contributed by atoms with Gasteiger partial charge in [-0.2, -0.15) is 0 Å². The van der Waals surface area contributed by atoms with Gasteiger partial charge >= 0.3 is 0 Å². The average Bonchev–Trinajstić information content (AvgIpc) is 2.37. The Morgan fingerprint density at radius 1 is 1.33 bits per heavy atom. The molecular formula is C13H13BrClN3. The number of nitrogens with zero attached hydrogens (tertiary/aromatic N) is 1. The van der Waals surface area contributed by atoms with Crippen LogP contribution in [0.4, 0.5) is 0 Å². The monoisotopic (exact) mass is 325 g/mol. The predicted molar refractivity (Wildman–Crippen MR) is 77.3 cm³/mol. The molecule has 0 fully saturated rings. The highest BCUT2D eigenvalue weighted by molar-refractivity contribution is 9.10. The minimum absolute atomic E-state index is 0.177. The van der Waals surface area contributed by atoms with Gasteiger partial charge in [0, 0.05) is 16.9 Å². The van der Waals surface area contributed by atoms with Crippen molar-refractivity contribution in [3.8, 4) is 0 Å². The summed E-state index contributed by atoms with van der Waals surface area (Å²) < 4.78 is 0.850. The predicted octanol–water partition coefficient (Wildman–Crippen LogP) is 3.36. The first-order valence-corrected chi connectivity index (χ1v) is 6.62. The molecule has 0 saturated carbocycles. The molecule has 1 aromatic carbocycles. The molecule has 94 valence electrons. The van der Waals surface area contributed by atoms with Gasteiger partial charge in [-0.1, -0.05) is 23.7 Å². The fourth-order valence-electron chi connectivity index (χ4n) is 1.87. The molecule has 0 amide bonds. The van der Waals surface area contributed by atoms with Gasteiger partial charge in [0.15, 0.2) is 0 Å². The van der Waals surface area contributed by atoms with Gasteiger partial charge in [0.25, 0.3) is 0 Å². The van der Waals surface area contributed by atoms with Gasteiger partial charge in [-0.25, -0.2) is 5.43 Å². The van der Waals surface area contributed by atoms with Crippen LogP contribution in [0, 0.1) is 6.92 Å². The first-order valence-electron chi connectivity index (χ1n) is 5.45. The van der Waals surface area contributed by atoms with E-state index in [0.717, 1.165) is 21.2 Å². The first kappa shape index (κ1) is 13.5. The van der Waals surface area contributed by atoms with E-state index in [-0.39, 0.29) is 6.04 Å². The van der Waals surface area contributed by atoms with Crippen molar-refractivity contribution in [3.05, 3.63) is 62.8 Å². The van der Waals surface area contributed by atoms with E-state index in [1.807, 2.05) is 31.2 Å². The summed E-state index contributed by atoms with van der Waals surface area (Å²) in [5.74, 6) is 5.67. The summed E-state index contributed by atoms with van der Waals surface area (Å²) >= 11 is 9.72. The molecule has 0 spiro atoms. The third-order valence-corrected chi connectivity index (χ3v) is 4.16. The zero-order chi connectivity index (χ0) is 13.1. The second-order valence-electron chi connectivity index (χ2n) is 3.97. The molecule has 1 unspecified atom stereocenters. The van der Waals surface area contributed by atoms with E-state index in [0.29, 0.717) is 5.02 Å². The number of hydrazine groups is 1. The third-order valence-electron chi connectivity index (χ3n) is 2.85. The first-order chi connectivity index (χ1) is 8.65. The maximum atomic E-state index is 6.31. The Balaban J connectivity index is 2.53. The van der Waals surface area contributed by atoms with Gasteiger partial charge in [-0.3, -0.25) is 10.8 Å². The Bertz CT molecular complexity index is 560. The zero-order valence-corrected chi connectivity index (χ0v) is 12.2. The Labute approximate surface area is 119 Å². The van der Waals surface area contributed by atoms with Crippen LogP contribution in [0.25, 0.3) is 0 Å². The standard InChI is InChI=1S/C13H13BrClN3/c1-8-5-6-17-7-10(8)13(18-16)9-3-2-4-11(14)12(9)15/h2-7,13,18H,16H2,1H3. The molecule has 1 heterocycles. The number of aryl methyl sites for hydroxylation is 1. The van der Waals surface area contributed by atoms with Crippen molar-refractivity contribution in [3.63, 3.8) is 0 Å². The molecule has 0 radical (unpaired) electrons. The minimum atomic E-state index is -0.177. The number of nitrogens with one attached hydrogen (secondary N) is 1. The van der Waals surface area contributed by atoms with Crippen LogP contribution in [-0.4, -0.2) is 4.98 Å². The summed E-state index contributed by atoms with van der Waals surface area (Å²) in [5, 5.41) is 0.656. The molecular weight excluding hydrogens is 314 g/mol. The lowest BCUT2D eigenvalue weighted by atomic mass is 9.97. The Kier molecular flexibility index (Phi) is 4.35. The molecule has 0 saturated heterocycles. The van der Waals surface area contributed by atoms with Gasteiger partial charge in [-0.05, 0) is 51.7 Å². The van der Waals surface area contributed by atoms with Crippen molar-refractivity contribution in [1.82, 2.24) is 10.4 Å². The summed E-state index contributed by atoms with van der Waals surface area (Å²) in [7, 11) is 0. The number of aromatic nitrogens is 1. The maximum absolute atomic E-state index is 6.31. The molecule has 0 aliphatic heterocycles. The van der Waals surface area contributed by atoms with Crippen LogP contribution < -0.4 is 11.3 Å². The van der Waals surface area contributed by atoms with Crippen molar-refractivity contribution in [2.45, 2.75) is 13.0 Å². The molecule has 3 N–H and O–H groups in total. The zero-order valence-electron chi connectivity index (χ0n) is 9.82. The summed E-state index contributed by atoms with van der Waals surface area (Å²) in [5.41, 5.74) is 5.85. The largest absolute Gasteiger partial charge is 0.271 e. The summed E-state index contributed by atoms with van der Waals surface area (Å²) in [6.45, 7) is 2.02. The number of benzene rings is 1. The van der Waals surface area contributed by atoms with Crippen LogP contribution in [0.2, 0.25) is 5.02 Å². The molecule has 18 heavy (non-hydrogen) atoms. The molecule has 0 aliphatic rings. The lowest BCUT2D eigenvalue weighted by molar-refractivity contribution is 0.631. The van der Waals surface area contributed by atoms with Crippen LogP contribution in [0.15, 0.2) is 41.1 Å². The van der Waals surface area contributed by atoms with Crippen molar-refractivity contribution in [2.24, 2.45) is 5.84 Å². The number of nitrogens with two attached hydrogens (primary N) is 1. The Morgan fingerprint density at radius 2 is 2.11 bits per heavy atom. The van der Waals surface area contributed by atoms with Crippen LogP contribution in [-0.2, 0) is 0 Å². The highest BCUT2D eigenvalue weighted by Crippen LogP contribution is 2.33. The van der Waals surface area contributed by atoms with Gasteiger partial charge < -0.3 is 0 Å². The Morgan fingerprint density at radius 3 is 2.78 bits per heavy atom. The van der Waals surface area contributed by atoms with E-state index >= 15 is 0 Å². The normalized spacial score (nSPS) is 12.4. The quantitative estimate of drug-likeness (QED) is 0.672. The number of pyridine rings is 1. The number of hydrogen-bond donors (Lipinski definition) is 2. The smallest absolute Gasteiger partial charge is 0.0742 e. The number of hydrogen-bond acceptors (Lipinski definition) is 3. The van der Waals surface area contributed by atoms with Crippen LogP contribution in [0.3, 0.4) is 0 Å². The van der Waals surface area contributed by atoms with Gasteiger partial charge in [0.05, 0.1) is 11.1 Å². The molecule has 0 aliphatic carbocycles. The molecule has 1 atom stereocenters. The van der Waals surface area contributed by atoms with Crippen LogP contribution >= 0.6 is 27.5 Å². The number of rotatable bonds is 3. The van der Waals surface area contributed by atoms with Crippen molar-refractivity contribution in [2.75, 3.05) is 0 Å². The van der Waals surface area contributed by atoms with E-state index in [1.165, 1.54) is 0 Å². The minimum Gasteiger partial charge on any atom is -0.271 e. The molecule has 1 aromatic heterocycles. The molecule has 5 heteroatoms.